The molecule has 0 aromatic heterocycles. The standard InChI is InChI=1S/C16H28N2O3/c1-11(2)6-8-17-14(19)12(3)18-9-13-5-4-7-16(13,10-18)15(20)21/h11-13H,4-10H2,1-3H3,(H,17,19)(H,20,21)/t12?,13-,16+/m0/s1. The summed E-state index contributed by atoms with van der Waals surface area (Å²) in [5.41, 5.74) is -0.605. The van der Waals surface area contributed by atoms with Crippen LogP contribution in [0, 0.1) is 17.3 Å². The van der Waals surface area contributed by atoms with E-state index >= 15 is 0 Å². The molecule has 0 bridgehead atoms. The van der Waals surface area contributed by atoms with E-state index in [1.165, 1.54) is 0 Å². The van der Waals surface area contributed by atoms with Gasteiger partial charge in [0.1, 0.15) is 0 Å². The lowest BCUT2D eigenvalue weighted by Crippen LogP contribution is -2.46. The van der Waals surface area contributed by atoms with Gasteiger partial charge in [0, 0.05) is 19.6 Å². The zero-order chi connectivity index (χ0) is 15.6. The van der Waals surface area contributed by atoms with Gasteiger partial charge in [0.25, 0.3) is 0 Å². The summed E-state index contributed by atoms with van der Waals surface area (Å²) in [4.78, 5) is 25.9. The van der Waals surface area contributed by atoms with Crippen molar-refractivity contribution in [2.75, 3.05) is 19.6 Å². The van der Waals surface area contributed by atoms with Crippen LogP contribution in [0.5, 0.6) is 0 Å². The van der Waals surface area contributed by atoms with Crippen LogP contribution in [0.4, 0.5) is 0 Å². The van der Waals surface area contributed by atoms with Crippen LogP contribution in [0.25, 0.3) is 0 Å². The van der Waals surface area contributed by atoms with E-state index in [-0.39, 0.29) is 17.9 Å². The van der Waals surface area contributed by atoms with Crippen LogP contribution in [0.2, 0.25) is 0 Å². The molecule has 1 aliphatic carbocycles. The monoisotopic (exact) mass is 296 g/mol. The van der Waals surface area contributed by atoms with E-state index in [2.05, 4.69) is 24.1 Å². The van der Waals surface area contributed by atoms with Gasteiger partial charge in [-0.3, -0.25) is 14.5 Å². The molecule has 1 amide bonds. The number of fused-ring (bicyclic) bond motifs is 1. The lowest BCUT2D eigenvalue weighted by molar-refractivity contribution is -0.149. The molecule has 0 aromatic rings. The molecule has 5 heteroatoms. The average molecular weight is 296 g/mol. The zero-order valence-electron chi connectivity index (χ0n) is 13.4. The van der Waals surface area contributed by atoms with Crippen LogP contribution < -0.4 is 5.32 Å². The van der Waals surface area contributed by atoms with E-state index in [0.717, 1.165) is 32.2 Å². The van der Waals surface area contributed by atoms with Gasteiger partial charge in [-0.2, -0.15) is 0 Å². The van der Waals surface area contributed by atoms with Gasteiger partial charge in [0.2, 0.25) is 5.91 Å². The summed E-state index contributed by atoms with van der Waals surface area (Å²) in [6, 6.07) is -0.237. The molecule has 0 spiro atoms. The first-order valence-electron chi connectivity index (χ1n) is 8.12. The highest BCUT2D eigenvalue weighted by Crippen LogP contribution is 2.49. The highest BCUT2D eigenvalue weighted by molar-refractivity contribution is 5.82. The smallest absolute Gasteiger partial charge is 0.311 e. The van der Waals surface area contributed by atoms with Crippen LogP contribution in [-0.4, -0.2) is 47.6 Å². The number of carbonyl (C=O) groups is 2. The summed E-state index contributed by atoms with van der Waals surface area (Å²) in [5.74, 6) is 0.124. The summed E-state index contributed by atoms with van der Waals surface area (Å²) in [6.45, 7) is 8.11. The second-order valence-electron chi connectivity index (χ2n) is 7.13. The second kappa shape index (κ2) is 6.34. The van der Waals surface area contributed by atoms with Crippen molar-refractivity contribution in [1.82, 2.24) is 10.2 Å². The first-order valence-corrected chi connectivity index (χ1v) is 8.12. The Morgan fingerprint density at radius 1 is 1.38 bits per heavy atom. The predicted octanol–water partition coefficient (Wildman–Crippen LogP) is 1.72. The number of amides is 1. The van der Waals surface area contributed by atoms with Crippen LogP contribution in [0.15, 0.2) is 0 Å². The second-order valence-corrected chi connectivity index (χ2v) is 7.13. The average Bonchev–Trinajstić information content (AvgIpc) is 2.94. The summed E-state index contributed by atoms with van der Waals surface area (Å²) >= 11 is 0. The number of nitrogens with zero attached hydrogens (tertiary/aromatic N) is 1. The van der Waals surface area contributed by atoms with Gasteiger partial charge in [0.05, 0.1) is 11.5 Å². The third kappa shape index (κ3) is 3.23. The Hall–Kier alpha value is -1.10. The quantitative estimate of drug-likeness (QED) is 0.783. The Morgan fingerprint density at radius 2 is 2.10 bits per heavy atom. The molecule has 2 aliphatic rings. The summed E-state index contributed by atoms with van der Waals surface area (Å²) in [6.07, 6.45) is 3.70. The molecule has 5 nitrogen and oxygen atoms in total. The molecule has 1 aliphatic heterocycles. The largest absolute Gasteiger partial charge is 0.481 e. The van der Waals surface area contributed by atoms with Gasteiger partial charge in [-0.15, -0.1) is 0 Å². The first-order chi connectivity index (χ1) is 9.86. The van der Waals surface area contributed by atoms with E-state index in [0.29, 0.717) is 19.0 Å². The van der Waals surface area contributed by atoms with Crippen LogP contribution in [0.1, 0.15) is 46.5 Å². The molecule has 1 unspecified atom stereocenters. The maximum atomic E-state index is 12.2. The van der Waals surface area contributed by atoms with Gasteiger partial charge >= 0.3 is 5.97 Å². The molecule has 120 valence electrons. The number of hydrogen-bond acceptors (Lipinski definition) is 3. The van der Waals surface area contributed by atoms with E-state index < -0.39 is 11.4 Å². The minimum absolute atomic E-state index is 0.0242. The van der Waals surface area contributed by atoms with E-state index in [4.69, 9.17) is 0 Å². The number of hydrogen-bond donors (Lipinski definition) is 2. The van der Waals surface area contributed by atoms with Crippen LogP contribution >= 0.6 is 0 Å². The van der Waals surface area contributed by atoms with E-state index in [1.807, 2.05) is 6.92 Å². The SMILES string of the molecule is CC(C)CCNC(=O)C(C)N1C[C@@H]2CCC[C@@]2(C(=O)O)C1. The third-order valence-electron chi connectivity index (χ3n) is 5.27. The Balaban J connectivity index is 1.91. The van der Waals surface area contributed by atoms with Crippen molar-refractivity contribution in [2.45, 2.75) is 52.5 Å². The molecule has 3 atom stereocenters. The van der Waals surface area contributed by atoms with Gasteiger partial charge in [-0.05, 0) is 38.0 Å². The molecule has 1 saturated heterocycles. The molecular weight excluding hydrogens is 268 g/mol. The number of carboxylic acid groups (broad SMARTS) is 1. The van der Waals surface area contributed by atoms with Crippen molar-refractivity contribution in [3.63, 3.8) is 0 Å². The fourth-order valence-corrected chi connectivity index (χ4v) is 3.77. The minimum Gasteiger partial charge on any atom is -0.481 e. The Morgan fingerprint density at radius 3 is 2.67 bits per heavy atom. The number of likely N-dealkylation sites (tertiary alicyclic amines) is 1. The molecule has 1 heterocycles. The highest BCUT2D eigenvalue weighted by Gasteiger charge is 2.55. The number of nitrogens with one attached hydrogen (secondary N) is 1. The third-order valence-corrected chi connectivity index (χ3v) is 5.27. The number of carboxylic acids is 1. The first kappa shape index (κ1) is 16.3. The van der Waals surface area contributed by atoms with Crippen molar-refractivity contribution in [2.24, 2.45) is 17.3 Å². The summed E-state index contributed by atoms with van der Waals surface area (Å²) in [7, 11) is 0. The summed E-state index contributed by atoms with van der Waals surface area (Å²) < 4.78 is 0. The van der Waals surface area contributed by atoms with E-state index in [9.17, 15) is 14.7 Å². The van der Waals surface area contributed by atoms with Crippen molar-refractivity contribution in [3.8, 4) is 0 Å². The zero-order valence-corrected chi connectivity index (χ0v) is 13.4. The molecule has 0 radical (unpaired) electrons. The van der Waals surface area contributed by atoms with Crippen molar-refractivity contribution >= 4 is 11.9 Å². The molecule has 2 rings (SSSR count). The van der Waals surface area contributed by atoms with Gasteiger partial charge in [-0.1, -0.05) is 20.3 Å². The van der Waals surface area contributed by atoms with Gasteiger partial charge in [0.15, 0.2) is 0 Å². The maximum absolute atomic E-state index is 12.2. The Kier molecular flexibility index (Phi) is 4.91. The number of aliphatic carboxylic acids is 1. The molecule has 21 heavy (non-hydrogen) atoms. The van der Waals surface area contributed by atoms with Crippen molar-refractivity contribution < 1.29 is 14.7 Å². The maximum Gasteiger partial charge on any atom is 0.311 e. The van der Waals surface area contributed by atoms with Crippen molar-refractivity contribution in [3.05, 3.63) is 0 Å². The van der Waals surface area contributed by atoms with Crippen LogP contribution in [-0.2, 0) is 9.59 Å². The molecule has 2 N–H and O–H groups in total. The van der Waals surface area contributed by atoms with Crippen LogP contribution in [0.3, 0.4) is 0 Å². The normalized spacial score (nSPS) is 30.4. The minimum atomic E-state index is -0.681. The lowest BCUT2D eigenvalue weighted by Gasteiger charge is -2.26. The highest BCUT2D eigenvalue weighted by atomic mass is 16.4. The Bertz CT molecular complexity index is 410. The van der Waals surface area contributed by atoms with E-state index in [1.54, 1.807) is 0 Å². The fourth-order valence-electron chi connectivity index (χ4n) is 3.77. The Labute approximate surface area is 127 Å². The summed E-state index contributed by atoms with van der Waals surface area (Å²) in [5, 5.41) is 12.6. The topological polar surface area (TPSA) is 69.6 Å². The fraction of sp³-hybridized carbons (Fsp3) is 0.875. The number of carbonyl (C=O) groups excluding carboxylic acids is 1. The molecular formula is C16H28N2O3. The number of rotatable bonds is 6. The molecule has 2 fully saturated rings. The lowest BCUT2D eigenvalue weighted by atomic mass is 9.81. The van der Waals surface area contributed by atoms with Crippen molar-refractivity contribution in [1.29, 1.82) is 0 Å². The van der Waals surface area contributed by atoms with Gasteiger partial charge in [-0.25, -0.2) is 0 Å². The molecule has 0 aromatic carbocycles. The van der Waals surface area contributed by atoms with Gasteiger partial charge < -0.3 is 10.4 Å². The molecule has 1 saturated carbocycles. The predicted molar refractivity (Wildman–Crippen MR) is 80.9 cm³/mol.